The molecule has 0 bridgehead atoms. The highest BCUT2D eigenvalue weighted by Crippen LogP contribution is 2.28. The molecule has 5 rings (SSSR count). The summed E-state index contributed by atoms with van der Waals surface area (Å²) in [6.07, 6.45) is 4.63. The van der Waals surface area contributed by atoms with Crippen molar-refractivity contribution in [2.75, 3.05) is 18.4 Å². The predicted molar refractivity (Wildman–Crippen MR) is 138 cm³/mol. The fourth-order valence-corrected chi connectivity index (χ4v) is 5.32. The van der Waals surface area contributed by atoms with Gasteiger partial charge in [-0.05, 0) is 75.7 Å². The van der Waals surface area contributed by atoms with Gasteiger partial charge in [-0.25, -0.2) is 22.4 Å². The second-order valence-corrected chi connectivity index (χ2v) is 11.5. The van der Waals surface area contributed by atoms with Gasteiger partial charge in [0.05, 0.1) is 16.3 Å². The van der Waals surface area contributed by atoms with Gasteiger partial charge in [0.25, 0.3) is 0 Å². The maximum atomic E-state index is 12.6. The summed E-state index contributed by atoms with van der Waals surface area (Å²) in [6, 6.07) is 13.0. The molecule has 35 heavy (non-hydrogen) atoms. The molecule has 0 amide bonds. The molecule has 0 spiro atoms. The summed E-state index contributed by atoms with van der Waals surface area (Å²) in [6.45, 7) is 4.70. The van der Waals surface area contributed by atoms with Crippen LogP contribution in [0.15, 0.2) is 55.0 Å². The zero-order chi connectivity index (χ0) is 24.6. The molecule has 180 valence electrons. The van der Waals surface area contributed by atoms with Crippen LogP contribution in [0.1, 0.15) is 32.3 Å². The molecule has 1 aliphatic rings. The summed E-state index contributed by atoms with van der Waals surface area (Å²) in [7, 11) is -3.44. The minimum Gasteiger partial charge on any atom is -0.376 e. The van der Waals surface area contributed by atoms with E-state index in [1.54, 1.807) is 32.2 Å². The molecule has 0 saturated carbocycles. The fourth-order valence-electron chi connectivity index (χ4n) is 4.20. The van der Waals surface area contributed by atoms with E-state index in [4.69, 9.17) is 0 Å². The first-order valence-corrected chi connectivity index (χ1v) is 13.1. The molecule has 1 fully saturated rings. The number of aromatic nitrogens is 3. The minimum atomic E-state index is -3.44. The zero-order valence-corrected chi connectivity index (χ0v) is 20.4. The topological polar surface area (TPSA) is 109 Å². The number of β-amino-alcohol motifs (C(OH)–C–C–N with tert-alkyl or cyclic N) is 1. The van der Waals surface area contributed by atoms with Crippen LogP contribution in [-0.2, 0) is 10.0 Å². The normalized spacial score (nSPS) is 18.5. The minimum absolute atomic E-state index is 0.464. The van der Waals surface area contributed by atoms with Crippen molar-refractivity contribution in [3.63, 3.8) is 0 Å². The lowest BCUT2D eigenvalue weighted by atomic mass is 9.94. The van der Waals surface area contributed by atoms with E-state index < -0.39 is 20.9 Å². The van der Waals surface area contributed by atoms with E-state index in [1.165, 1.54) is 10.3 Å². The van der Waals surface area contributed by atoms with Gasteiger partial charge in [0.15, 0.2) is 0 Å². The quantitative estimate of drug-likeness (QED) is 0.377. The Balaban J connectivity index is 1.47. The summed E-state index contributed by atoms with van der Waals surface area (Å²) in [5.74, 6) is 6.74. The van der Waals surface area contributed by atoms with E-state index in [2.05, 4.69) is 32.4 Å². The lowest BCUT2D eigenvalue weighted by Gasteiger charge is -2.27. The smallest absolute Gasteiger partial charge is 0.241 e. The summed E-state index contributed by atoms with van der Waals surface area (Å²) in [4.78, 5) is 8.78. The van der Waals surface area contributed by atoms with Gasteiger partial charge in [-0.15, -0.1) is 0 Å². The summed E-state index contributed by atoms with van der Waals surface area (Å²) in [5, 5.41) is 18.3. The van der Waals surface area contributed by atoms with Crippen LogP contribution in [0.3, 0.4) is 0 Å². The average molecular weight is 490 g/mol. The Kier molecular flexibility index (Phi) is 5.97. The van der Waals surface area contributed by atoms with Gasteiger partial charge in [0, 0.05) is 34.8 Å². The number of benzene rings is 2. The Labute approximate surface area is 204 Å². The summed E-state index contributed by atoms with van der Waals surface area (Å²) in [5.41, 5.74) is 1.92. The molecule has 0 aliphatic carbocycles. The molecule has 2 aromatic heterocycles. The second-order valence-electron chi connectivity index (χ2n) is 9.12. The fraction of sp³-hybridized carbons (Fsp3) is 0.308. The number of nitrogens with zero attached hydrogens (tertiary/aromatic N) is 3. The molecule has 1 atom stereocenters. The number of piperidine rings is 1. The monoisotopic (exact) mass is 489 g/mol. The molecule has 1 unspecified atom stereocenters. The van der Waals surface area contributed by atoms with Crippen molar-refractivity contribution in [3.05, 3.63) is 60.6 Å². The molecule has 2 aromatic carbocycles. The van der Waals surface area contributed by atoms with Gasteiger partial charge in [-0.1, -0.05) is 11.8 Å². The standard InChI is InChI=1S/C26H27N5O3S/c1-18(2)35(33,34)31-13-9-20-15-21(5-7-24(20)31)30-25-22-14-19(4-6-23(22)28-17-29-25)8-11-26(32)10-3-12-27-16-26/h4-7,9,13-15,17-18,27,32H,3,10,12,16H2,1-2H3,(H,28,29,30). The maximum Gasteiger partial charge on any atom is 0.241 e. The first-order valence-electron chi connectivity index (χ1n) is 11.6. The third-order valence-corrected chi connectivity index (χ3v) is 8.28. The zero-order valence-electron chi connectivity index (χ0n) is 19.6. The highest BCUT2D eigenvalue weighted by molar-refractivity contribution is 7.90. The second kappa shape index (κ2) is 8.96. The van der Waals surface area contributed by atoms with Gasteiger partial charge in [0.2, 0.25) is 10.0 Å². The van der Waals surface area contributed by atoms with Crippen molar-refractivity contribution < 1.29 is 13.5 Å². The van der Waals surface area contributed by atoms with E-state index >= 15 is 0 Å². The lowest BCUT2D eigenvalue weighted by Crippen LogP contribution is -2.44. The van der Waals surface area contributed by atoms with Gasteiger partial charge in [-0.3, -0.25) is 0 Å². The van der Waals surface area contributed by atoms with Crippen LogP contribution in [-0.4, -0.2) is 51.4 Å². The molecular weight excluding hydrogens is 462 g/mol. The molecule has 3 heterocycles. The maximum absolute atomic E-state index is 12.6. The summed E-state index contributed by atoms with van der Waals surface area (Å²) < 4.78 is 26.6. The van der Waals surface area contributed by atoms with Crippen molar-refractivity contribution in [1.82, 2.24) is 19.3 Å². The first-order chi connectivity index (χ1) is 16.7. The summed E-state index contributed by atoms with van der Waals surface area (Å²) >= 11 is 0. The van der Waals surface area contributed by atoms with Crippen LogP contribution in [0.2, 0.25) is 0 Å². The molecule has 9 heteroatoms. The third kappa shape index (κ3) is 4.60. The van der Waals surface area contributed by atoms with E-state index in [9.17, 15) is 13.5 Å². The first kappa shape index (κ1) is 23.3. The van der Waals surface area contributed by atoms with E-state index in [0.29, 0.717) is 24.3 Å². The Morgan fingerprint density at radius 3 is 2.80 bits per heavy atom. The third-order valence-electron chi connectivity index (χ3n) is 6.22. The Hall–Kier alpha value is -3.45. The Bertz CT molecular complexity index is 1580. The SMILES string of the molecule is CC(C)S(=O)(=O)n1ccc2cc(Nc3ncnc4ccc(C#CC5(O)CCCNC5)cc34)ccc21. The van der Waals surface area contributed by atoms with Crippen molar-refractivity contribution >= 4 is 43.3 Å². The van der Waals surface area contributed by atoms with Gasteiger partial charge in [0.1, 0.15) is 17.7 Å². The van der Waals surface area contributed by atoms with Crippen molar-refractivity contribution in [2.24, 2.45) is 0 Å². The number of hydrogen-bond acceptors (Lipinski definition) is 7. The van der Waals surface area contributed by atoms with E-state index in [0.717, 1.165) is 40.5 Å². The highest BCUT2D eigenvalue weighted by atomic mass is 32.2. The highest BCUT2D eigenvalue weighted by Gasteiger charge is 2.26. The van der Waals surface area contributed by atoms with Gasteiger partial charge >= 0.3 is 0 Å². The predicted octanol–water partition coefficient (Wildman–Crippen LogP) is 3.38. The number of nitrogens with one attached hydrogen (secondary N) is 2. The molecule has 8 nitrogen and oxygen atoms in total. The number of anilines is 2. The number of rotatable bonds is 4. The van der Waals surface area contributed by atoms with Gasteiger partial charge < -0.3 is 15.7 Å². The van der Waals surface area contributed by atoms with Crippen LogP contribution in [0.4, 0.5) is 11.5 Å². The van der Waals surface area contributed by atoms with Crippen molar-refractivity contribution in [2.45, 2.75) is 37.5 Å². The molecule has 0 radical (unpaired) electrons. The lowest BCUT2D eigenvalue weighted by molar-refractivity contribution is 0.0736. The number of aliphatic hydroxyl groups is 1. The van der Waals surface area contributed by atoms with Crippen LogP contribution in [0.5, 0.6) is 0 Å². The molecule has 1 aliphatic heterocycles. The van der Waals surface area contributed by atoms with Crippen molar-refractivity contribution in [3.8, 4) is 11.8 Å². The molecule has 3 N–H and O–H groups in total. The largest absolute Gasteiger partial charge is 0.376 e. The van der Waals surface area contributed by atoms with Crippen molar-refractivity contribution in [1.29, 1.82) is 0 Å². The van der Waals surface area contributed by atoms with Crippen LogP contribution in [0.25, 0.3) is 21.8 Å². The van der Waals surface area contributed by atoms with Crippen LogP contribution >= 0.6 is 0 Å². The van der Waals surface area contributed by atoms with E-state index in [1.807, 2.05) is 30.3 Å². The van der Waals surface area contributed by atoms with Crippen LogP contribution in [0, 0.1) is 11.8 Å². The molecule has 1 saturated heterocycles. The Morgan fingerprint density at radius 2 is 2.03 bits per heavy atom. The average Bonchev–Trinajstić information content (AvgIpc) is 3.27. The van der Waals surface area contributed by atoms with Crippen LogP contribution < -0.4 is 10.6 Å². The Morgan fingerprint density at radius 1 is 1.17 bits per heavy atom. The van der Waals surface area contributed by atoms with Gasteiger partial charge in [-0.2, -0.15) is 0 Å². The van der Waals surface area contributed by atoms with E-state index in [-0.39, 0.29) is 0 Å². The molecular formula is C26H27N5O3S. The number of hydrogen-bond donors (Lipinski definition) is 3. The number of fused-ring (bicyclic) bond motifs is 2. The molecule has 4 aromatic rings.